The number of methoxy groups -OCH3 is 1. The Kier molecular flexibility index (Phi) is 57.0. The van der Waals surface area contributed by atoms with Gasteiger partial charge in [0.1, 0.15) is 73.1 Å². The summed E-state index contributed by atoms with van der Waals surface area (Å²) < 4.78 is 151. The van der Waals surface area contributed by atoms with Crippen LogP contribution in [0, 0.1) is 11.3 Å². The number of hydrogen-bond acceptors (Lipinski definition) is 36. The maximum Gasteiger partial charge on any atom is 0.472 e. The van der Waals surface area contributed by atoms with Crippen LogP contribution in [-0.2, 0) is 121 Å². The highest BCUT2D eigenvalue weighted by molar-refractivity contribution is 7.88. The molecule has 3 heterocycles. The largest absolute Gasteiger partial charge is 0.472 e. The molecule has 0 aliphatic carbocycles. The van der Waals surface area contributed by atoms with E-state index in [0.29, 0.717) is 96.7 Å². The number of ether oxygens (including phenoxy) is 12. The molecule has 3 amide bonds. The smallest absolute Gasteiger partial charge is 0.396 e. The van der Waals surface area contributed by atoms with Crippen molar-refractivity contribution in [3.8, 4) is 0 Å². The molecule has 11 unspecified atom stereocenters. The van der Waals surface area contributed by atoms with Crippen LogP contribution in [-0.4, -0.2) is 359 Å². The molecule has 0 aromatic carbocycles. The van der Waals surface area contributed by atoms with E-state index in [2.05, 4.69) is 24.5 Å². The lowest BCUT2D eigenvalue weighted by molar-refractivity contribution is -0.270. The van der Waals surface area contributed by atoms with E-state index in [1.54, 1.807) is 7.11 Å². The first-order chi connectivity index (χ1) is 54.8. The molecule has 17 N–H and O–H groups in total. The molecule has 0 bridgehead atoms. The monoisotopic (exact) mass is 1770 g/mol. The predicted molar refractivity (Wildman–Crippen MR) is 406 cm³/mol. The average molecular weight is 1770 g/mol. The van der Waals surface area contributed by atoms with Crippen molar-refractivity contribution in [2.24, 2.45) is 11.3 Å². The summed E-state index contributed by atoms with van der Waals surface area (Å²) in [7, 11) is -12.8. The van der Waals surface area contributed by atoms with E-state index in [4.69, 9.17) is 93.0 Å². The van der Waals surface area contributed by atoms with Gasteiger partial charge in [0.2, 0.25) is 17.7 Å². The minimum absolute atomic E-state index is 0.0120. The summed E-state index contributed by atoms with van der Waals surface area (Å²) in [4.78, 5) is 78.2. The molecule has 3 aliphatic rings. The van der Waals surface area contributed by atoms with E-state index in [9.17, 15) is 98.7 Å². The number of unbranched alkanes of at least 4 members (excludes halogenated alkanes) is 9. The quantitative estimate of drug-likeness (QED) is 0.0283. The number of aliphatic hydroxyl groups is 10. The summed E-state index contributed by atoms with van der Waals surface area (Å²) in [6, 6.07) is -3.28. The number of phosphoric acid groups is 3. The molecule has 3 fully saturated rings. The first kappa shape index (κ1) is 108. The van der Waals surface area contributed by atoms with Crippen LogP contribution >= 0.6 is 39.2 Å². The van der Waals surface area contributed by atoms with Crippen LogP contribution in [0.5, 0.6) is 0 Å². The molecule has 20 atom stereocenters. The zero-order valence-electron chi connectivity index (χ0n) is 66.3. The lowest BCUT2D eigenvalue weighted by Crippen LogP contribution is -2.64. The van der Waals surface area contributed by atoms with E-state index >= 15 is 0 Å². The number of phosphoric ester groups is 3. The third-order valence-corrected chi connectivity index (χ3v) is 22.5. The molecule has 0 spiro atoms. The summed E-state index contributed by atoms with van der Waals surface area (Å²) in [6.45, 7) is 0.199. The predicted octanol–water partition coefficient (Wildman–Crippen LogP) is 0.0700. The van der Waals surface area contributed by atoms with Crippen molar-refractivity contribution in [1.82, 2.24) is 16.0 Å². The second kappa shape index (κ2) is 60.9. The second-order valence-corrected chi connectivity index (χ2v) is 35.4. The van der Waals surface area contributed by atoms with Gasteiger partial charge in [0.25, 0.3) is 7.23 Å². The van der Waals surface area contributed by atoms with Crippen LogP contribution in [0.2, 0.25) is 0 Å². The maximum absolute atomic E-state index is 13.6. The number of aliphatic hydroxyl groups excluding tert-OH is 10. The SMILES string of the molecule is COCCCOCC(CO)COCCCOP(=O)(O)OCC(COCCCOP(=O)(O)OCCCCCCO[C@@H]1OC(CO)[C@H](O)C(O)[C@@H]1NC(C)=O)(COCCCOP(=O)(O)OCCCCCCO[C@@H]1OC(CO)[C@H](O)C(O)[C@@H]1NC(C)=O)COCCCOP(O)(=P)OCCCCCCO[C@@H]1OC(CO)[C@H](O)[C@H](O)C1NC(C)=O. The molecule has 0 saturated carbocycles. The first-order valence-corrected chi connectivity index (χ1v) is 46.2. The first-order valence-electron chi connectivity index (χ1n) is 38.8. The molecule has 48 heteroatoms. The fraction of sp³-hybridized carbons (Fsp3) is 0.955. The van der Waals surface area contributed by atoms with Crippen molar-refractivity contribution in [2.45, 2.75) is 222 Å². The minimum Gasteiger partial charge on any atom is -0.396 e. The van der Waals surface area contributed by atoms with E-state index in [-0.39, 0.29) is 164 Å². The van der Waals surface area contributed by atoms with Gasteiger partial charge in [-0.25, -0.2) is 13.7 Å². The van der Waals surface area contributed by atoms with E-state index in [1.807, 2.05) is 0 Å². The second-order valence-electron chi connectivity index (χ2n) is 27.8. The normalized spacial score (nSPS) is 26.9. The zero-order valence-corrected chi connectivity index (χ0v) is 70.9. The van der Waals surface area contributed by atoms with E-state index in [0.717, 1.165) is 0 Å². The number of carbonyl (C=O) groups is 3. The molecule has 0 radical (unpaired) electrons. The lowest BCUT2D eigenvalue weighted by Gasteiger charge is -2.42. The maximum atomic E-state index is 13.6. The van der Waals surface area contributed by atoms with E-state index < -0.39 is 172 Å². The van der Waals surface area contributed by atoms with Gasteiger partial charge in [-0.05, 0) is 79.2 Å². The summed E-state index contributed by atoms with van der Waals surface area (Å²) in [5, 5.41) is 108. The number of nitrogens with one attached hydrogen (secondary N) is 3. The Morgan fingerprint density at radius 3 is 0.930 bits per heavy atom. The highest BCUT2D eigenvalue weighted by Crippen LogP contribution is 2.50. The summed E-state index contributed by atoms with van der Waals surface area (Å²) in [5.41, 5.74) is -1.46. The van der Waals surface area contributed by atoms with Crippen molar-refractivity contribution in [3.63, 3.8) is 0 Å². The Hall–Kier alpha value is -1.53. The zero-order chi connectivity index (χ0) is 85.1. The average Bonchev–Trinajstić information content (AvgIpc) is 0.816. The lowest BCUT2D eigenvalue weighted by atomic mass is 9.92. The van der Waals surface area contributed by atoms with Crippen molar-refractivity contribution in [1.29, 1.82) is 0 Å². The molecular weight excluding hydrogens is 1640 g/mol. The van der Waals surface area contributed by atoms with Crippen LogP contribution in [0.25, 0.3) is 0 Å². The molecular formula is C67H132N3O40P5. The Morgan fingerprint density at radius 2 is 0.635 bits per heavy atom. The van der Waals surface area contributed by atoms with Gasteiger partial charge in [-0.15, -0.1) is 0 Å². The molecule has 115 heavy (non-hydrogen) atoms. The molecule has 3 rings (SSSR count). The fourth-order valence-corrected chi connectivity index (χ4v) is 15.3. The molecule has 43 nitrogen and oxygen atoms in total. The molecule has 3 saturated heterocycles. The Labute approximate surface area is 674 Å². The van der Waals surface area contributed by atoms with Gasteiger partial charge in [0, 0.05) is 93.3 Å². The number of amides is 3. The van der Waals surface area contributed by atoms with Crippen molar-refractivity contribution in [2.75, 3.05) is 179 Å². The standard InChI is InChI=1S/C67H132N3O40P5/c1-48(75)68-55-61(81)58(78)52(39-72)108-64(55)97-28-11-5-8-14-31-100-112(84,85)102-35-19-25-94-44-67(47-107-114(88,89)104-34-18-24-93-43-51(38-71)42-92-23-17-22-91-4,45-95-26-20-36-103-113(86,87)101-32-15-9-6-12-29-98-65-56(69-49(2)76)62(82)59(79)53(40-73)109-65)46-96-27-21-37-106-115(90,111)105-33-16-10-7-13-30-99-66-57(70-50(3)77)63(83)60(80)54(41-74)110-66/h51-66,71-74,78-83,90,111H,5-47H2,1-4H3,(H,68,75)(H,69,76)(H,70,77)(H,84,85)(H,86,87)(H,88,89)/t51?,52?,53?,54?,55-,56-,57?,58-,59-,60-,61?,62?,63+,64+,65+,66+,67?,115?/m0/s1. The molecule has 0 aromatic rings. The number of hydrogen-bond donors (Lipinski definition) is 17. The van der Waals surface area contributed by atoms with Crippen molar-refractivity contribution in [3.05, 3.63) is 0 Å². The molecule has 3 aliphatic heterocycles. The Bertz CT molecular complexity index is 2540. The molecule has 0 aromatic heterocycles. The summed E-state index contributed by atoms with van der Waals surface area (Å²) >= 11 is 0. The van der Waals surface area contributed by atoms with E-state index in [1.165, 1.54) is 20.8 Å². The van der Waals surface area contributed by atoms with Gasteiger partial charge in [-0.2, -0.15) is 0 Å². The molecule has 680 valence electrons. The van der Waals surface area contributed by atoms with Crippen molar-refractivity contribution < 1.29 is 192 Å². The van der Waals surface area contributed by atoms with Gasteiger partial charge in [-0.3, -0.25) is 41.5 Å². The van der Waals surface area contributed by atoms with Gasteiger partial charge >= 0.3 is 23.5 Å². The fourth-order valence-electron chi connectivity index (χ4n) is 11.5. The Morgan fingerprint density at radius 1 is 0.365 bits per heavy atom. The van der Waals surface area contributed by atoms with Crippen LogP contribution in [0.1, 0.15) is 130 Å². The van der Waals surface area contributed by atoms with Crippen LogP contribution < -0.4 is 16.0 Å². The number of carbonyl (C=O) groups excluding carboxylic acids is 3. The number of rotatable bonds is 71. The summed E-state index contributed by atoms with van der Waals surface area (Å²) in [5.74, 6) is -1.82. The van der Waals surface area contributed by atoms with Crippen molar-refractivity contribution >= 4 is 56.9 Å². The van der Waals surface area contributed by atoms with Gasteiger partial charge in [0.15, 0.2) is 18.9 Å². The topological polar surface area (TPSA) is 606 Å². The van der Waals surface area contributed by atoms with Gasteiger partial charge in [0.05, 0.1) is 118 Å². The minimum atomic E-state index is -4.88. The summed E-state index contributed by atoms with van der Waals surface area (Å²) in [6.07, 6.45) is -8.64. The highest BCUT2D eigenvalue weighted by atomic mass is 31.8. The highest BCUT2D eigenvalue weighted by Gasteiger charge is 2.48. The van der Waals surface area contributed by atoms with Crippen LogP contribution in [0.3, 0.4) is 0 Å². The van der Waals surface area contributed by atoms with Crippen LogP contribution in [0.15, 0.2) is 0 Å². The van der Waals surface area contributed by atoms with Gasteiger partial charge < -0.3 is 152 Å². The third-order valence-electron chi connectivity index (χ3n) is 17.6. The van der Waals surface area contributed by atoms with Gasteiger partial charge in [-0.1, -0.05) is 38.5 Å². The van der Waals surface area contributed by atoms with Crippen LogP contribution in [0.4, 0.5) is 0 Å². The third kappa shape index (κ3) is 46.7. The Balaban J connectivity index is 1.63.